The average Bonchev–Trinajstić information content (AvgIpc) is 3.19. The molecule has 2 rings (SSSR count). The summed E-state index contributed by atoms with van der Waals surface area (Å²) in [5.74, 6) is -0.116. The first kappa shape index (κ1) is 20.8. The van der Waals surface area contributed by atoms with Crippen molar-refractivity contribution in [1.29, 1.82) is 5.26 Å². The molecule has 1 aromatic rings. The van der Waals surface area contributed by atoms with Crippen LogP contribution in [0, 0.1) is 31.1 Å². The zero-order valence-corrected chi connectivity index (χ0v) is 17.4. The second-order valence-electron chi connectivity index (χ2n) is 7.53. The number of rotatable bonds is 7. The van der Waals surface area contributed by atoms with Crippen LogP contribution in [0.3, 0.4) is 0 Å². The Balaban J connectivity index is 2.11. The number of aromatic nitrogens is 2. The first-order chi connectivity index (χ1) is 12.2. The van der Waals surface area contributed by atoms with E-state index in [1.165, 1.54) is 11.8 Å². The van der Waals surface area contributed by atoms with E-state index in [1.807, 2.05) is 27.7 Å². The van der Waals surface area contributed by atoms with Crippen molar-refractivity contribution in [3.05, 3.63) is 11.4 Å². The Hall–Kier alpha value is -1.52. The monoisotopic (exact) mass is 378 g/mol. The van der Waals surface area contributed by atoms with Gasteiger partial charge in [0, 0.05) is 12.3 Å². The summed E-state index contributed by atoms with van der Waals surface area (Å²) in [5.41, 5.74) is 1.21. The lowest BCUT2D eigenvalue weighted by Crippen LogP contribution is -2.51. The molecule has 1 amide bonds. The third-order valence-corrected chi connectivity index (χ3v) is 6.34. The number of amides is 1. The van der Waals surface area contributed by atoms with Crippen molar-refractivity contribution in [2.45, 2.75) is 83.0 Å². The van der Waals surface area contributed by atoms with Gasteiger partial charge in [-0.1, -0.05) is 25.6 Å². The van der Waals surface area contributed by atoms with Crippen LogP contribution in [0.2, 0.25) is 0 Å². The standard InChI is InChI=1S/C19H30N4O2S/c1-12(2)19(6,11-20)22-17(24)15(5)26-18-21-13(3)14(4)23(18)10-16-8-7-9-25-16/h12,15-16H,7-10H2,1-6H3,(H,22,24)/t15-,16+,19-/m1/s1. The highest BCUT2D eigenvalue weighted by Gasteiger charge is 2.32. The number of nitrogens with one attached hydrogen (secondary N) is 1. The molecule has 2 heterocycles. The normalized spacial score (nSPS) is 20.6. The van der Waals surface area contributed by atoms with Gasteiger partial charge in [-0.05, 0) is 46.5 Å². The van der Waals surface area contributed by atoms with Crippen LogP contribution in [0.15, 0.2) is 5.16 Å². The first-order valence-corrected chi connectivity index (χ1v) is 10.1. The highest BCUT2D eigenvalue weighted by Crippen LogP contribution is 2.28. The molecule has 6 nitrogen and oxygen atoms in total. The molecule has 3 atom stereocenters. The summed E-state index contributed by atoms with van der Waals surface area (Å²) in [4.78, 5) is 17.3. The molecule has 1 aliphatic heterocycles. The van der Waals surface area contributed by atoms with E-state index in [0.717, 1.165) is 42.5 Å². The van der Waals surface area contributed by atoms with E-state index in [2.05, 4.69) is 27.9 Å². The molecule has 1 fully saturated rings. The molecule has 0 saturated carbocycles. The molecular formula is C19H30N4O2S. The van der Waals surface area contributed by atoms with Gasteiger partial charge in [0.25, 0.3) is 0 Å². The molecule has 1 saturated heterocycles. The van der Waals surface area contributed by atoms with Gasteiger partial charge in [0.2, 0.25) is 5.91 Å². The highest BCUT2D eigenvalue weighted by atomic mass is 32.2. The lowest BCUT2D eigenvalue weighted by Gasteiger charge is -2.28. The Morgan fingerprint density at radius 3 is 2.73 bits per heavy atom. The van der Waals surface area contributed by atoms with Crippen molar-refractivity contribution in [2.24, 2.45) is 5.92 Å². The number of hydrogen-bond acceptors (Lipinski definition) is 5. The zero-order valence-electron chi connectivity index (χ0n) is 16.6. The maximum absolute atomic E-state index is 12.6. The molecule has 144 valence electrons. The Kier molecular flexibility index (Phi) is 6.75. The molecule has 1 aromatic heterocycles. The SMILES string of the molecule is Cc1nc(S[C@H](C)C(=O)N[C@](C)(C#N)C(C)C)n(C[C@@H]2CCCO2)c1C. The molecule has 0 aliphatic carbocycles. The number of hydrogen-bond donors (Lipinski definition) is 1. The summed E-state index contributed by atoms with van der Waals surface area (Å²) in [5, 5.41) is 12.8. The van der Waals surface area contributed by atoms with Gasteiger partial charge in [0.05, 0.1) is 29.7 Å². The van der Waals surface area contributed by atoms with E-state index in [4.69, 9.17) is 4.74 Å². The molecule has 1 N–H and O–H groups in total. The third-order valence-electron chi connectivity index (χ3n) is 5.25. The molecule has 0 radical (unpaired) electrons. The van der Waals surface area contributed by atoms with Crippen molar-refractivity contribution < 1.29 is 9.53 Å². The number of carbonyl (C=O) groups is 1. The number of nitrogens with zero attached hydrogens (tertiary/aromatic N) is 3. The number of thioether (sulfide) groups is 1. The maximum atomic E-state index is 12.6. The summed E-state index contributed by atoms with van der Waals surface area (Å²) >= 11 is 1.43. The molecule has 7 heteroatoms. The average molecular weight is 379 g/mol. The van der Waals surface area contributed by atoms with Crippen molar-refractivity contribution in [1.82, 2.24) is 14.9 Å². The van der Waals surface area contributed by atoms with Gasteiger partial charge in [-0.2, -0.15) is 5.26 Å². The fourth-order valence-corrected chi connectivity index (χ4v) is 3.80. The number of carbonyl (C=O) groups excluding carboxylic acids is 1. The molecule has 1 aliphatic rings. The Morgan fingerprint density at radius 2 is 2.19 bits per heavy atom. The Bertz CT molecular complexity index is 688. The molecule has 26 heavy (non-hydrogen) atoms. The summed E-state index contributed by atoms with van der Waals surface area (Å²) in [6, 6.07) is 2.22. The largest absolute Gasteiger partial charge is 0.376 e. The molecule has 0 aromatic carbocycles. The van der Waals surface area contributed by atoms with Crippen LogP contribution >= 0.6 is 11.8 Å². The van der Waals surface area contributed by atoms with Gasteiger partial charge in [0.1, 0.15) is 5.54 Å². The molecule has 0 bridgehead atoms. The summed E-state index contributed by atoms with van der Waals surface area (Å²) in [6.45, 7) is 13.1. The lowest BCUT2D eigenvalue weighted by atomic mass is 9.90. The topological polar surface area (TPSA) is 79.9 Å². The number of ether oxygens (including phenoxy) is 1. The van der Waals surface area contributed by atoms with Crippen molar-refractivity contribution in [2.75, 3.05) is 6.61 Å². The van der Waals surface area contributed by atoms with Gasteiger partial charge in [0.15, 0.2) is 5.16 Å². The van der Waals surface area contributed by atoms with E-state index in [-0.39, 0.29) is 23.2 Å². The fourth-order valence-electron chi connectivity index (χ4n) is 2.79. The van der Waals surface area contributed by atoms with Gasteiger partial charge in [-0.3, -0.25) is 4.79 Å². The first-order valence-electron chi connectivity index (χ1n) is 9.23. The minimum atomic E-state index is -0.870. The minimum absolute atomic E-state index is 0.0274. The second-order valence-corrected chi connectivity index (χ2v) is 8.84. The third kappa shape index (κ3) is 4.60. The summed E-state index contributed by atoms with van der Waals surface area (Å²) in [6.07, 6.45) is 2.38. The van der Waals surface area contributed by atoms with Crippen LogP contribution in [0.1, 0.15) is 51.9 Å². The summed E-state index contributed by atoms with van der Waals surface area (Å²) < 4.78 is 7.92. The quantitative estimate of drug-likeness (QED) is 0.737. The predicted molar refractivity (Wildman–Crippen MR) is 103 cm³/mol. The van der Waals surface area contributed by atoms with Crippen LogP contribution in [0.5, 0.6) is 0 Å². The van der Waals surface area contributed by atoms with E-state index < -0.39 is 5.54 Å². The van der Waals surface area contributed by atoms with Crippen LogP contribution in [0.4, 0.5) is 0 Å². The summed E-state index contributed by atoms with van der Waals surface area (Å²) in [7, 11) is 0. The van der Waals surface area contributed by atoms with Gasteiger partial charge in [-0.25, -0.2) is 4.98 Å². The van der Waals surface area contributed by atoms with E-state index >= 15 is 0 Å². The van der Waals surface area contributed by atoms with Crippen LogP contribution in [0.25, 0.3) is 0 Å². The van der Waals surface area contributed by atoms with Crippen LogP contribution < -0.4 is 5.32 Å². The Labute approximate surface area is 160 Å². The smallest absolute Gasteiger partial charge is 0.234 e. The van der Waals surface area contributed by atoms with Crippen LogP contribution in [-0.2, 0) is 16.1 Å². The van der Waals surface area contributed by atoms with Gasteiger partial charge in [-0.15, -0.1) is 0 Å². The van der Waals surface area contributed by atoms with Crippen molar-refractivity contribution in [3.63, 3.8) is 0 Å². The molecule has 0 unspecified atom stereocenters. The molecular weight excluding hydrogens is 348 g/mol. The number of nitriles is 1. The highest BCUT2D eigenvalue weighted by molar-refractivity contribution is 8.00. The predicted octanol–water partition coefficient (Wildman–Crippen LogP) is 3.21. The van der Waals surface area contributed by atoms with Crippen molar-refractivity contribution in [3.8, 4) is 6.07 Å². The van der Waals surface area contributed by atoms with Gasteiger partial charge < -0.3 is 14.6 Å². The van der Waals surface area contributed by atoms with E-state index in [9.17, 15) is 10.1 Å². The number of imidazole rings is 1. The van der Waals surface area contributed by atoms with Gasteiger partial charge >= 0.3 is 0 Å². The minimum Gasteiger partial charge on any atom is -0.376 e. The van der Waals surface area contributed by atoms with E-state index in [1.54, 1.807) is 6.92 Å². The fraction of sp³-hybridized carbons (Fsp3) is 0.737. The lowest BCUT2D eigenvalue weighted by molar-refractivity contribution is -0.121. The second kappa shape index (κ2) is 8.45. The molecule has 0 spiro atoms. The van der Waals surface area contributed by atoms with Crippen LogP contribution in [-0.4, -0.2) is 39.0 Å². The zero-order chi connectivity index (χ0) is 19.5. The van der Waals surface area contributed by atoms with E-state index in [0.29, 0.717) is 0 Å². The van der Waals surface area contributed by atoms with Crippen molar-refractivity contribution >= 4 is 17.7 Å². The Morgan fingerprint density at radius 1 is 1.50 bits per heavy atom. The number of aryl methyl sites for hydroxylation is 1. The maximum Gasteiger partial charge on any atom is 0.234 e.